The van der Waals surface area contributed by atoms with Gasteiger partial charge in [0.15, 0.2) is 4.77 Å². The van der Waals surface area contributed by atoms with Crippen molar-refractivity contribution >= 4 is 35.6 Å². The molecule has 0 unspecified atom stereocenters. The summed E-state index contributed by atoms with van der Waals surface area (Å²) >= 11 is 12.7. The summed E-state index contributed by atoms with van der Waals surface area (Å²) in [4.78, 5) is 16.3. The fourth-order valence-electron chi connectivity index (χ4n) is 1.97. The van der Waals surface area contributed by atoms with Gasteiger partial charge >= 0.3 is 0 Å². The monoisotopic (exact) mass is 296 g/mol. The van der Waals surface area contributed by atoms with Crippen molar-refractivity contribution in [2.24, 2.45) is 0 Å². The highest BCUT2D eigenvalue weighted by Gasteiger charge is 2.18. The smallest absolute Gasteiger partial charge is 0.272 e. The number of benzene rings is 1. The fraction of sp³-hybridized carbons (Fsp3) is 0.167. The molecule has 1 N–H and O–H groups in total. The zero-order valence-electron chi connectivity index (χ0n) is 9.27. The normalized spacial score (nSPS) is 13.6. The van der Waals surface area contributed by atoms with Gasteiger partial charge in [0.1, 0.15) is 0 Å². The van der Waals surface area contributed by atoms with Gasteiger partial charge in [-0.1, -0.05) is 11.6 Å². The van der Waals surface area contributed by atoms with Crippen molar-refractivity contribution in [3.05, 3.63) is 50.1 Å². The van der Waals surface area contributed by atoms with Crippen LogP contribution in [-0.4, -0.2) is 15.3 Å². The maximum Gasteiger partial charge on any atom is 0.272 e. The van der Waals surface area contributed by atoms with Crippen LogP contribution in [0.15, 0.2) is 34.0 Å². The highest BCUT2D eigenvalue weighted by molar-refractivity contribution is 7.99. The van der Waals surface area contributed by atoms with E-state index in [1.165, 1.54) is 4.57 Å². The van der Waals surface area contributed by atoms with Crippen molar-refractivity contribution in [1.82, 2.24) is 9.55 Å². The number of rotatable bonds is 1. The summed E-state index contributed by atoms with van der Waals surface area (Å²) in [5, 5.41) is 0.636. The number of hydrogen-bond acceptors (Lipinski definition) is 3. The number of thioether (sulfide) groups is 1. The molecule has 1 aliphatic rings. The second-order valence-corrected chi connectivity index (χ2v) is 5.88. The summed E-state index contributed by atoms with van der Waals surface area (Å²) in [6, 6.07) is 7.08. The highest BCUT2D eigenvalue weighted by atomic mass is 35.5. The molecule has 18 heavy (non-hydrogen) atoms. The number of hydrogen-bond donors (Lipinski definition) is 1. The number of H-pyrrole nitrogens is 1. The van der Waals surface area contributed by atoms with Crippen LogP contribution in [0.3, 0.4) is 0 Å². The maximum absolute atomic E-state index is 12.4. The third-order valence-corrected chi connectivity index (χ3v) is 4.47. The molecule has 1 aliphatic heterocycles. The van der Waals surface area contributed by atoms with Crippen LogP contribution in [0.2, 0.25) is 5.02 Å². The van der Waals surface area contributed by atoms with E-state index in [4.69, 9.17) is 23.8 Å². The van der Waals surface area contributed by atoms with Crippen molar-refractivity contribution < 1.29 is 0 Å². The topological polar surface area (TPSA) is 37.8 Å². The molecule has 3 rings (SSSR count). The Labute approximate surface area is 118 Å². The molecular formula is C12H9ClN2OS2. The Morgan fingerprint density at radius 1 is 1.33 bits per heavy atom. The molecule has 2 heterocycles. The Balaban J connectivity index is 2.27. The van der Waals surface area contributed by atoms with E-state index >= 15 is 0 Å². The largest absolute Gasteiger partial charge is 0.334 e. The average Bonchev–Trinajstić information content (AvgIpc) is 2.80. The summed E-state index contributed by atoms with van der Waals surface area (Å²) in [5.41, 5.74) is 1.65. The molecule has 3 nitrogen and oxygen atoms in total. The fourth-order valence-corrected chi connectivity index (χ4v) is 3.46. The number of aromatic amines is 1. The first-order chi connectivity index (χ1) is 8.66. The van der Waals surface area contributed by atoms with Crippen molar-refractivity contribution in [3.8, 4) is 5.69 Å². The van der Waals surface area contributed by atoms with E-state index in [9.17, 15) is 4.79 Å². The molecule has 1 aromatic carbocycles. The Morgan fingerprint density at radius 3 is 2.78 bits per heavy atom. The Morgan fingerprint density at radius 2 is 2.06 bits per heavy atom. The summed E-state index contributed by atoms with van der Waals surface area (Å²) in [6.45, 7) is 0. The van der Waals surface area contributed by atoms with Crippen molar-refractivity contribution in [1.29, 1.82) is 0 Å². The number of fused-ring (bicyclic) bond motifs is 1. The van der Waals surface area contributed by atoms with Gasteiger partial charge in [-0.2, -0.15) is 0 Å². The van der Waals surface area contributed by atoms with E-state index in [2.05, 4.69) is 4.98 Å². The minimum Gasteiger partial charge on any atom is -0.334 e. The molecule has 0 aliphatic carbocycles. The Kier molecular flexibility index (Phi) is 3.05. The quantitative estimate of drug-likeness (QED) is 0.821. The first kappa shape index (κ1) is 12.0. The highest BCUT2D eigenvalue weighted by Crippen LogP contribution is 2.26. The molecule has 0 atom stereocenters. The van der Waals surface area contributed by atoms with Gasteiger partial charge in [-0.05, 0) is 42.9 Å². The van der Waals surface area contributed by atoms with Gasteiger partial charge < -0.3 is 4.98 Å². The van der Waals surface area contributed by atoms with Crippen molar-refractivity contribution in [2.45, 2.75) is 11.3 Å². The molecule has 92 valence electrons. The Hall–Kier alpha value is -1.04. The molecule has 0 fully saturated rings. The van der Waals surface area contributed by atoms with E-state index in [-0.39, 0.29) is 5.56 Å². The zero-order chi connectivity index (χ0) is 12.7. The predicted molar refractivity (Wildman–Crippen MR) is 76.7 cm³/mol. The minimum absolute atomic E-state index is 0.0430. The predicted octanol–water partition coefficient (Wildman–Crippen LogP) is 3.20. The lowest BCUT2D eigenvalue weighted by Gasteiger charge is -2.08. The molecule has 1 aromatic heterocycles. The SMILES string of the molecule is O=c1c2c([nH]c(=S)n1-c1ccc(Cl)cc1)CCS2. The van der Waals surface area contributed by atoms with Crippen molar-refractivity contribution in [2.75, 3.05) is 5.75 Å². The lowest BCUT2D eigenvalue weighted by molar-refractivity contribution is 0.835. The van der Waals surface area contributed by atoms with Crippen molar-refractivity contribution in [3.63, 3.8) is 0 Å². The molecule has 0 amide bonds. The van der Waals surface area contributed by atoms with Crippen LogP contribution in [0.1, 0.15) is 5.69 Å². The van der Waals surface area contributed by atoms with Crippen LogP contribution < -0.4 is 5.56 Å². The Bertz CT molecular complexity index is 718. The lowest BCUT2D eigenvalue weighted by atomic mass is 10.3. The number of nitrogens with zero attached hydrogens (tertiary/aromatic N) is 1. The van der Waals surface area contributed by atoms with E-state index in [1.807, 2.05) is 0 Å². The molecule has 0 radical (unpaired) electrons. The zero-order valence-corrected chi connectivity index (χ0v) is 11.7. The second-order valence-electron chi connectivity index (χ2n) is 3.95. The third kappa shape index (κ3) is 1.92. The summed E-state index contributed by atoms with van der Waals surface area (Å²) in [7, 11) is 0. The molecule has 0 saturated carbocycles. The number of aryl methyl sites for hydroxylation is 1. The van der Waals surface area contributed by atoms with Crippen LogP contribution >= 0.6 is 35.6 Å². The van der Waals surface area contributed by atoms with Gasteiger partial charge in [-0.15, -0.1) is 11.8 Å². The summed E-state index contributed by atoms with van der Waals surface area (Å²) < 4.78 is 1.95. The molecule has 0 saturated heterocycles. The van der Waals surface area contributed by atoms with E-state index in [0.717, 1.165) is 28.5 Å². The number of halogens is 1. The van der Waals surface area contributed by atoms with E-state index < -0.39 is 0 Å². The van der Waals surface area contributed by atoms with Gasteiger partial charge in [0.05, 0.1) is 10.6 Å². The first-order valence-corrected chi connectivity index (χ1v) is 7.21. The minimum atomic E-state index is -0.0430. The summed E-state index contributed by atoms with van der Waals surface area (Å²) in [6.07, 6.45) is 0.875. The molecule has 6 heteroatoms. The van der Waals surface area contributed by atoms with Gasteiger partial charge in [-0.25, -0.2) is 0 Å². The molecular weight excluding hydrogens is 288 g/mol. The molecule has 2 aromatic rings. The van der Waals surface area contributed by atoms with Gasteiger partial charge in [0.2, 0.25) is 0 Å². The summed E-state index contributed by atoms with van der Waals surface area (Å²) in [5.74, 6) is 0.931. The van der Waals surface area contributed by atoms with Crippen LogP contribution in [0.5, 0.6) is 0 Å². The van der Waals surface area contributed by atoms with E-state index in [1.54, 1.807) is 36.0 Å². The molecule has 0 spiro atoms. The van der Waals surface area contributed by atoms with Crippen LogP contribution in [-0.2, 0) is 6.42 Å². The second kappa shape index (κ2) is 4.57. The first-order valence-electron chi connectivity index (χ1n) is 5.44. The van der Waals surface area contributed by atoms with Crippen LogP contribution in [0.4, 0.5) is 0 Å². The van der Waals surface area contributed by atoms with Gasteiger partial charge in [-0.3, -0.25) is 9.36 Å². The van der Waals surface area contributed by atoms with Gasteiger partial charge in [0, 0.05) is 16.5 Å². The van der Waals surface area contributed by atoms with E-state index in [0.29, 0.717) is 9.79 Å². The van der Waals surface area contributed by atoms with Gasteiger partial charge in [0.25, 0.3) is 5.56 Å². The number of nitrogens with one attached hydrogen (secondary N) is 1. The maximum atomic E-state index is 12.4. The lowest BCUT2D eigenvalue weighted by Crippen LogP contribution is -2.22. The third-order valence-electron chi connectivity index (χ3n) is 2.82. The standard InChI is InChI=1S/C12H9ClN2OS2/c13-7-1-3-8(4-2-7)15-11(16)10-9(5-6-18-10)14-12(15)17/h1-4H,5-6H2,(H,14,17). The number of aromatic nitrogens is 2. The molecule has 0 bridgehead atoms. The average molecular weight is 297 g/mol. The van der Waals surface area contributed by atoms with Crippen LogP contribution in [0.25, 0.3) is 5.69 Å². The van der Waals surface area contributed by atoms with Crippen LogP contribution in [0, 0.1) is 4.77 Å².